The number of rotatable bonds is 7. The van der Waals surface area contributed by atoms with Crippen molar-refractivity contribution in [2.45, 2.75) is 19.5 Å². The van der Waals surface area contributed by atoms with E-state index in [1.165, 1.54) is 0 Å². The van der Waals surface area contributed by atoms with E-state index < -0.39 is 6.04 Å². The van der Waals surface area contributed by atoms with Crippen LogP contribution in [0.3, 0.4) is 0 Å². The number of nitrogens with one attached hydrogen (secondary N) is 1. The van der Waals surface area contributed by atoms with Gasteiger partial charge in [0.1, 0.15) is 6.04 Å². The van der Waals surface area contributed by atoms with Crippen molar-refractivity contribution in [2.24, 2.45) is 0 Å². The summed E-state index contributed by atoms with van der Waals surface area (Å²) in [4.78, 5) is 11.6. The lowest BCUT2D eigenvalue weighted by atomic mass is 10.2. The van der Waals surface area contributed by atoms with E-state index in [9.17, 15) is 4.79 Å². The average Bonchev–Trinajstić information content (AvgIpc) is 2.36. The number of hydrogen-bond donors (Lipinski definition) is 1. The van der Waals surface area contributed by atoms with Crippen LogP contribution in [0.15, 0.2) is 30.3 Å². The van der Waals surface area contributed by atoms with Crippen molar-refractivity contribution in [3.05, 3.63) is 35.9 Å². The summed E-state index contributed by atoms with van der Waals surface area (Å²) in [5.74, 6) is -0.273. The fraction of sp³-hybridized carbons (Fsp3) is 0.462. The smallest absolute Gasteiger partial charge is 0.325 e. The predicted octanol–water partition coefficient (Wildman–Crippen LogP) is 1.35. The van der Waals surface area contributed by atoms with Crippen LogP contribution in [0.4, 0.5) is 0 Å². The van der Waals surface area contributed by atoms with Crippen molar-refractivity contribution < 1.29 is 14.3 Å². The van der Waals surface area contributed by atoms with E-state index >= 15 is 0 Å². The van der Waals surface area contributed by atoms with Crippen LogP contribution in [0, 0.1) is 0 Å². The van der Waals surface area contributed by atoms with Gasteiger partial charge in [0.25, 0.3) is 0 Å². The summed E-state index contributed by atoms with van der Waals surface area (Å²) in [6, 6.07) is 9.48. The van der Waals surface area contributed by atoms with Crippen molar-refractivity contribution in [3.63, 3.8) is 0 Å². The van der Waals surface area contributed by atoms with Crippen LogP contribution in [0.2, 0.25) is 0 Å². The molecule has 0 heterocycles. The SMILES string of the molecule is CCOC(=O)C(COC)NCc1ccccc1. The molecule has 94 valence electrons. The summed E-state index contributed by atoms with van der Waals surface area (Å²) >= 11 is 0. The number of esters is 1. The molecule has 1 unspecified atom stereocenters. The van der Waals surface area contributed by atoms with Crippen LogP contribution in [0.5, 0.6) is 0 Å². The van der Waals surface area contributed by atoms with E-state index in [-0.39, 0.29) is 5.97 Å². The van der Waals surface area contributed by atoms with Gasteiger partial charge in [0, 0.05) is 13.7 Å². The fourth-order valence-corrected chi connectivity index (χ4v) is 1.46. The summed E-state index contributed by atoms with van der Waals surface area (Å²) in [7, 11) is 1.57. The van der Waals surface area contributed by atoms with E-state index in [0.29, 0.717) is 19.8 Å². The monoisotopic (exact) mass is 237 g/mol. The zero-order valence-corrected chi connectivity index (χ0v) is 10.3. The van der Waals surface area contributed by atoms with Gasteiger partial charge in [0.2, 0.25) is 0 Å². The molecule has 0 aliphatic carbocycles. The Morgan fingerprint density at radius 2 is 2.06 bits per heavy atom. The number of benzene rings is 1. The normalized spacial score (nSPS) is 12.1. The Hall–Kier alpha value is -1.39. The average molecular weight is 237 g/mol. The third-order valence-electron chi connectivity index (χ3n) is 2.30. The Labute approximate surface area is 102 Å². The molecular weight excluding hydrogens is 218 g/mol. The molecule has 4 heteroatoms. The molecule has 1 aromatic carbocycles. The van der Waals surface area contributed by atoms with Crippen LogP contribution < -0.4 is 5.32 Å². The Morgan fingerprint density at radius 1 is 1.35 bits per heavy atom. The van der Waals surface area contributed by atoms with E-state index in [1.807, 2.05) is 30.3 Å². The molecule has 0 spiro atoms. The minimum Gasteiger partial charge on any atom is -0.465 e. The molecule has 17 heavy (non-hydrogen) atoms. The lowest BCUT2D eigenvalue weighted by Crippen LogP contribution is -2.41. The molecule has 1 aromatic rings. The first-order chi connectivity index (χ1) is 8.27. The van der Waals surface area contributed by atoms with Gasteiger partial charge in [0.05, 0.1) is 13.2 Å². The predicted molar refractivity (Wildman–Crippen MR) is 65.6 cm³/mol. The third-order valence-corrected chi connectivity index (χ3v) is 2.30. The van der Waals surface area contributed by atoms with Gasteiger partial charge in [-0.05, 0) is 12.5 Å². The van der Waals surface area contributed by atoms with Crippen LogP contribution in [0.1, 0.15) is 12.5 Å². The quantitative estimate of drug-likeness (QED) is 0.727. The number of methoxy groups -OCH3 is 1. The van der Waals surface area contributed by atoms with Crippen molar-refractivity contribution in [1.29, 1.82) is 0 Å². The minimum absolute atomic E-state index is 0.273. The number of carbonyl (C=O) groups is 1. The Morgan fingerprint density at radius 3 is 2.65 bits per heavy atom. The first-order valence-corrected chi connectivity index (χ1v) is 5.70. The maximum absolute atomic E-state index is 11.6. The number of ether oxygens (including phenoxy) is 2. The first-order valence-electron chi connectivity index (χ1n) is 5.70. The largest absolute Gasteiger partial charge is 0.465 e. The molecule has 4 nitrogen and oxygen atoms in total. The number of carbonyl (C=O) groups excluding carboxylic acids is 1. The van der Waals surface area contributed by atoms with Gasteiger partial charge in [-0.25, -0.2) is 0 Å². The molecule has 0 saturated heterocycles. The lowest BCUT2D eigenvalue weighted by molar-refractivity contribution is -0.147. The lowest BCUT2D eigenvalue weighted by Gasteiger charge is -2.16. The highest BCUT2D eigenvalue weighted by Gasteiger charge is 2.18. The van der Waals surface area contributed by atoms with Gasteiger partial charge in [-0.15, -0.1) is 0 Å². The summed E-state index contributed by atoms with van der Waals surface area (Å²) < 4.78 is 9.96. The molecule has 0 aliphatic heterocycles. The van der Waals surface area contributed by atoms with Crippen LogP contribution in [-0.2, 0) is 20.8 Å². The second-order valence-electron chi connectivity index (χ2n) is 3.63. The summed E-state index contributed by atoms with van der Waals surface area (Å²) in [6.45, 7) is 3.10. The summed E-state index contributed by atoms with van der Waals surface area (Å²) in [5, 5.41) is 3.12. The molecule has 1 rings (SSSR count). The zero-order valence-electron chi connectivity index (χ0n) is 10.3. The standard InChI is InChI=1S/C13H19NO3/c1-3-17-13(15)12(10-16-2)14-9-11-7-5-4-6-8-11/h4-8,12,14H,3,9-10H2,1-2H3. The van der Waals surface area contributed by atoms with Crippen molar-refractivity contribution in [3.8, 4) is 0 Å². The Bertz CT molecular complexity index is 327. The van der Waals surface area contributed by atoms with Crippen molar-refractivity contribution in [1.82, 2.24) is 5.32 Å². The Kier molecular flexibility index (Phi) is 6.29. The van der Waals surface area contributed by atoms with Crippen molar-refractivity contribution >= 4 is 5.97 Å². The molecule has 0 fully saturated rings. The van der Waals surface area contributed by atoms with Gasteiger partial charge >= 0.3 is 5.97 Å². The molecule has 0 saturated carbocycles. The van der Waals surface area contributed by atoms with Crippen molar-refractivity contribution in [2.75, 3.05) is 20.3 Å². The molecule has 1 atom stereocenters. The minimum atomic E-state index is -0.417. The van der Waals surface area contributed by atoms with Gasteiger partial charge < -0.3 is 9.47 Å². The molecule has 0 aliphatic rings. The second-order valence-corrected chi connectivity index (χ2v) is 3.63. The van der Waals surface area contributed by atoms with E-state index in [4.69, 9.17) is 9.47 Å². The maximum Gasteiger partial charge on any atom is 0.325 e. The van der Waals surface area contributed by atoms with E-state index in [2.05, 4.69) is 5.32 Å². The van der Waals surface area contributed by atoms with Gasteiger partial charge in [0.15, 0.2) is 0 Å². The topological polar surface area (TPSA) is 47.6 Å². The molecule has 0 amide bonds. The van der Waals surface area contributed by atoms with Crippen LogP contribution >= 0.6 is 0 Å². The fourth-order valence-electron chi connectivity index (χ4n) is 1.46. The molecule has 0 aromatic heterocycles. The van der Waals surface area contributed by atoms with Crippen LogP contribution in [0.25, 0.3) is 0 Å². The number of hydrogen-bond acceptors (Lipinski definition) is 4. The van der Waals surface area contributed by atoms with E-state index in [0.717, 1.165) is 5.56 Å². The highest BCUT2D eigenvalue weighted by atomic mass is 16.5. The van der Waals surface area contributed by atoms with Crippen LogP contribution in [-0.4, -0.2) is 32.3 Å². The highest BCUT2D eigenvalue weighted by molar-refractivity contribution is 5.75. The molecule has 0 radical (unpaired) electrons. The maximum atomic E-state index is 11.6. The first kappa shape index (κ1) is 13.7. The summed E-state index contributed by atoms with van der Waals surface area (Å²) in [6.07, 6.45) is 0. The highest BCUT2D eigenvalue weighted by Crippen LogP contribution is 1.99. The molecular formula is C13H19NO3. The third kappa shape index (κ3) is 4.97. The second kappa shape index (κ2) is 7.81. The van der Waals surface area contributed by atoms with Gasteiger partial charge in [-0.1, -0.05) is 30.3 Å². The molecule has 1 N–H and O–H groups in total. The molecule has 0 bridgehead atoms. The summed E-state index contributed by atoms with van der Waals surface area (Å²) in [5.41, 5.74) is 1.12. The zero-order chi connectivity index (χ0) is 12.5. The van der Waals surface area contributed by atoms with Gasteiger partial charge in [-0.2, -0.15) is 0 Å². The Balaban J connectivity index is 2.47. The van der Waals surface area contributed by atoms with E-state index in [1.54, 1.807) is 14.0 Å². The van der Waals surface area contributed by atoms with Gasteiger partial charge in [-0.3, -0.25) is 10.1 Å².